The second-order valence-corrected chi connectivity index (χ2v) is 10.7. The number of ether oxygens (including phenoxy) is 1. The molecule has 1 aliphatic rings. The van der Waals surface area contributed by atoms with E-state index in [4.69, 9.17) is 4.74 Å². The molecule has 0 bridgehead atoms. The molecule has 0 fully saturated rings. The summed E-state index contributed by atoms with van der Waals surface area (Å²) in [7, 11) is -4.41. The molecule has 0 aromatic heterocycles. The Morgan fingerprint density at radius 2 is 1.68 bits per heavy atom. The van der Waals surface area contributed by atoms with Crippen LogP contribution in [0.5, 0.6) is 0 Å². The van der Waals surface area contributed by atoms with E-state index in [1.165, 1.54) is 12.1 Å². The van der Waals surface area contributed by atoms with Gasteiger partial charge in [0.25, 0.3) is 5.91 Å². The van der Waals surface area contributed by atoms with Crippen molar-refractivity contribution < 1.29 is 31.9 Å². The van der Waals surface area contributed by atoms with Crippen molar-refractivity contribution in [2.45, 2.75) is 50.2 Å². The van der Waals surface area contributed by atoms with Crippen LogP contribution in [-0.4, -0.2) is 48.8 Å². The molecule has 0 radical (unpaired) electrons. The second-order valence-electron chi connectivity index (χ2n) is 8.83. The topological polar surface area (TPSA) is 122 Å². The number of carbonyl (C=O) groups is 3. The molecule has 0 spiro atoms. The van der Waals surface area contributed by atoms with Crippen LogP contribution in [0.3, 0.4) is 0 Å². The van der Waals surface area contributed by atoms with Gasteiger partial charge >= 0.3 is 12.0 Å². The van der Waals surface area contributed by atoms with Crippen molar-refractivity contribution in [1.82, 2.24) is 14.9 Å². The number of sulfonamides is 1. The zero-order valence-corrected chi connectivity index (χ0v) is 19.8. The molecule has 1 aliphatic heterocycles. The first-order valence-electron chi connectivity index (χ1n) is 10.5. The molecule has 182 valence electrons. The molecule has 2 N–H and O–H groups in total. The molecule has 1 heterocycles. The Bertz CT molecular complexity index is 1210. The highest BCUT2D eigenvalue weighted by atomic mass is 32.2. The molecule has 2 aromatic rings. The first-order chi connectivity index (χ1) is 15.9. The molecule has 34 heavy (non-hydrogen) atoms. The van der Waals surface area contributed by atoms with E-state index < -0.39 is 56.8 Å². The maximum absolute atomic E-state index is 14.3. The smallest absolute Gasteiger partial charge is 0.325 e. The monoisotopic (exact) mass is 491 g/mol. The zero-order valence-electron chi connectivity index (χ0n) is 19.0. The number of benzene rings is 2. The summed E-state index contributed by atoms with van der Waals surface area (Å²) in [5, 5.41) is 4.57. The van der Waals surface area contributed by atoms with Gasteiger partial charge in [-0.3, -0.25) is 14.9 Å². The largest absolute Gasteiger partial charge is 0.454 e. The van der Waals surface area contributed by atoms with Crippen molar-refractivity contribution in [1.29, 1.82) is 0 Å². The van der Waals surface area contributed by atoms with E-state index in [0.29, 0.717) is 5.56 Å². The maximum atomic E-state index is 14.3. The van der Waals surface area contributed by atoms with Gasteiger partial charge in [0, 0.05) is 18.5 Å². The number of amides is 3. The number of esters is 1. The minimum Gasteiger partial charge on any atom is -0.454 e. The fourth-order valence-corrected chi connectivity index (χ4v) is 5.12. The van der Waals surface area contributed by atoms with Crippen molar-refractivity contribution in [2.24, 2.45) is 0 Å². The van der Waals surface area contributed by atoms with Gasteiger partial charge in [0.2, 0.25) is 10.0 Å². The normalized spacial score (nSPS) is 16.3. The first-order valence-corrected chi connectivity index (χ1v) is 11.9. The number of hydrogen-bond acceptors (Lipinski definition) is 6. The van der Waals surface area contributed by atoms with Crippen molar-refractivity contribution in [3.8, 4) is 0 Å². The Balaban J connectivity index is 1.80. The fraction of sp³-hybridized carbons (Fsp3) is 0.348. The number of imide groups is 1. The summed E-state index contributed by atoms with van der Waals surface area (Å²) in [6.07, 6.45) is -0.0190. The van der Waals surface area contributed by atoms with Crippen LogP contribution in [0.4, 0.5) is 9.18 Å². The van der Waals surface area contributed by atoms with E-state index in [1.54, 1.807) is 45.0 Å². The standard InChI is InChI=1S/C23H26FN3O6S/c1-23(2,3)26-22(30)25-20(28)14-33-21(29)18-12-15-8-4-5-9-16(15)13-27(18)34(31,32)19-11-7-6-10-17(19)24/h4-11,18H,12-14H2,1-3H3,(H2,25,26,28,30). The first kappa shape index (κ1) is 25.3. The quantitative estimate of drug-likeness (QED) is 0.618. The molecule has 3 rings (SSSR count). The zero-order chi connectivity index (χ0) is 25.1. The lowest BCUT2D eigenvalue weighted by Gasteiger charge is -2.34. The number of nitrogens with one attached hydrogen (secondary N) is 2. The van der Waals surface area contributed by atoms with Crippen molar-refractivity contribution in [2.75, 3.05) is 6.61 Å². The summed E-state index contributed by atoms with van der Waals surface area (Å²) in [5.41, 5.74) is 0.819. The summed E-state index contributed by atoms with van der Waals surface area (Å²) in [6.45, 7) is 4.21. The molecule has 0 aliphatic carbocycles. The van der Waals surface area contributed by atoms with Gasteiger partial charge in [-0.25, -0.2) is 17.6 Å². The van der Waals surface area contributed by atoms with Crippen LogP contribution in [0.15, 0.2) is 53.4 Å². The SMILES string of the molecule is CC(C)(C)NC(=O)NC(=O)COC(=O)C1Cc2ccccc2CN1S(=O)(=O)c1ccccc1F. The van der Waals surface area contributed by atoms with Crippen LogP contribution in [0.1, 0.15) is 31.9 Å². The lowest BCUT2D eigenvalue weighted by Crippen LogP contribution is -2.51. The summed E-state index contributed by atoms with van der Waals surface area (Å²) < 4.78 is 46.9. The Labute approximate surface area is 197 Å². The minimum atomic E-state index is -4.41. The van der Waals surface area contributed by atoms with Crippen molar-refractivity contribution >= 4 is 27.9 Å². The third-order valence-corrected chi connectivity index (χ3v) is 6.88. The molecule has 9 nitrogen and oxygen atoms in total. The van der Waals surface area contributed by atoms with Crippen LogP contribution in [0, 0.1) is 5.82 Å². The van der Waals surface area contributed by atoms with Gasteiger partial charge < -0.3 is 10.1 Å². The van der Waals surface area contributed by atoms with Crippen molar-refractivity contribution in [3.05, 3.63) is 65.5 Å². The van der Waals surface area contributed by atoms with Gasteiger partial charge in [0.15, 0.2) is 6.61 Å². The Kier molecular flexibility index (Phi) is 7.37. The lowest BCUT2D eigenvalue weighted by atomic mass is 9.96. The molecule has 3 amide bonds. The number of halogens is 1. The van der Waals surface area contributed by atoms with Gasteiger partial charge in [-0.15, -0.1) is 0 Å². The van der Waals surface area contributed by atoms with Crippen LogP contribution < -0.4 is 10.6 Å². The van der Waals surface area contributed by atoms with E-state index in [0.717, 1.165) is 22.0 Å². The van der Waals surface area contributed by atoms with E-state index >= 15 is 0 Å². The highest BCUT2D eigenvalue weighted by Gasteiger charge is 2.41. The molecule has 11 heteroatoms. The molecular formula is C23H26FN3O6S. The summed E-state index contributed by atoms with van der Waals surface area (Å²) in [5.74, 6) is -2.81. The molecule has 2 aromatic carbocycles. The van der Waals surface area contributed by atoms with Crippen LogP contribution in [0.2, 0.25) is 0 Å². The predicted molar refractivity (Wildman–Crippen MR) is 120 cm³/mol. The minimum absolute atomic E-state index is 0.0190. The average molecular weight is 492 g/mol. The second kappa shape index (κ2) is 9.90. The predicted octanol–water partition coefficient (Wildman–Crippen LogP) is 2.11. The molecule has 0 saturated carbocycles. The average Bonchev–Trinajstić information content (AvgIpc) is 2.75. The Morgan fingerprint density at radius 1 is 1.06 bits per heavy atom. The van der Waals surface area contributed by atoms with Gasteiger partial charge in [-0.1, -0.05) is 36.4 Å². The highest BCUT2D eigenvalue weighted by Crippen LogP contribution is 2.30. The van der Waals surface area contributed by atoms with Crippen LogP contribution in [-0.2, 0) is 37.3 Å². The van der Waals surface area contributed by atoms with Crippen LogP contribution >= 0.6 is 0 Å². The lowest BCUT2D eigenvalue weighted by molar-refractivity contribution is -0.152. The Hall–Kier alpha value is -3.31. The molecule has 1 unspecified atom stereocenters. The van der Waals surface area contributed by atoms with E-state index in [1.807, 2.05) is 5.32 Å². The number of hydrogen-bond donors (Lipinski definition) is 2. The Morgan fingerprint density at radius 3 is 2.32 bits per heavy atom. The van der Waals surface area contributed by atoms with E-state index in [2.05, 4.69) is 5.32 Å². The summed E-state index contributed by atoms with van der Waals surface area (Å²) in [4.78, 5) is 36.2. The fourth-order valence-electron chi connectivity index (χ4n) is 3.50. The number of urea groups is 1. The molecular weight excluding hydrogens is 465 g/mol. The number of nitrogens with zero attached hydrogens (tertiary/aromatic N) is 1. The maximum Gasteiger partial charge on any atom is 0.325 e. The van der Waals surface area contributed by atoms with Crippen LogP contribution in [0.25, 0.3) is 0 Å². The van der Waals surface area contributed by atoms with Crippen molar-refractivity contribution in [3.63, 3.8) is 0 Å². The van der Waals surface area contributed by atoms with Gasteiger partial charge in [-0.2, -0.15) is 4.31 Å². The third-order valence-electron chi connectivity index (χ3n) is 4.99. The number of rotatable bonds is 5. The summed E-state index contributed by atoms with van der Waals surface area (Å²) >= 11 is 0. The number of carbonyl (C=O) groups excluding carboxylic acids is 3. The number of fused-ring (bicyclic) bond motifs is 1. The molecule has 1 atom stereocenters. The van der Waals surface area contributed by atoms with Gasteiger partial charge in [0.05, 0.1) is 0 Å². The van der Waals surface area contributed by atoms with E-state index in [9.17, 15) is 27.2 Å². The summed E-state index contributed by atoms with van der Waals surface area (Å²) in [6, 6.07) is 9.77. The van der Waals surface area contributed by atoms with Gasteiger partial charge in [-0.05, 0) is 44.0 Å². The van der Waals surface area contributed by atoms with E-state index in [-0.39, 0.29) is 13.0 Å². The highest BCUT2D eigenvalue weighted by molar-refractivity contribution is 7.89. The van der Waals surface area contributed by atoms with Gasteiger partial charge in [0.1, 0.15) is 16.8 Å². The third kappa shape index (κ3) is 5.97. The molecule has 0 saturated heterocycles.